The molecule has 0 aromatic rings. The molecule has 77 heavy (non-hydrogen) atoms. The van der Waals surface area contributed by atoms with Crippen LogP contribution in [0.15, 0.2) is 11.6 Å². The van der Waals surface area contributed by atoms with Crippen LogP contribution in [0.5, 0.6) is 0 Å². The Bertz CT molecular complexity index is 1850. The molecule has 0 saturated carbocycles. The molecule has 0 bridgehead atoms. The van der Waals surface area contributed by atoms with Crippen molar-refractivity contribution in [2.45, 2.75) is 210 Å². The molecular formula is C44H74O33. The van der Waals surface area contributed by atoms with E-state index in [4.69, 9.17) is 52.1 Å². The van der Waals surface area contributed by atoms with Crippen LogP contribution in [0.1, 0.15) is 13.3 Å². The zero-order chi connectivity index (χ0) is 56.6. The summed E-state index contributed by atoms with van der Waals surface area (Å²) in [5.74, 6) is -2.11. The number of ether oxygens (including phenoxy) is 11. The number of rotatable bonds is 18. The van der Waals surface area contributed by atoms with Gasteiger partial charge in [0.15, 0.2) is 37.7 Å². The maximum Gasteiger partial charge on any atom is 0.189 e. The highest BCUT2D eigenvalue weighted by atomic mass is 16.8. The van der Waals surface area contributed by atoms with Gasteiger partial charge in [0.1, 0.15) is 140 Å². The molecule has 33 nitrogen and oxygen atoms in total. The fourth-order valence-corrected chi connectivity index (χ4v) is 10.6. The Labute approximate surface area is 436 Å². The van der Waals surface area contributed by atoms with Gasteiger partial charge < -0.3 is 164 Å². The van der Waals surface area contributed by atoms with Crippen molar-refractivity contribution in [3.05, 3.63) is 11.6 Å². The predicted octanol–water partition coefficient (Wildman–Crippen LogP) is -13.8. The summed E-state index contributed by atoms with van der Waals surface area (Å²) in [5, 5.41) is 233. The van der Waals surface area contributed by atoms with Crippen LogP contribution in [0.25, 0.3) is 0 Å². The molecule has 6 aliphatic heterocycles. The van der Waals surface area contributed by atoms with E-state index in [1.54, 1.807) is 0 Å². The lowest BCUT2D eigenvalue weighted by molar-refractivity contribution is -0.399. The van der Waals surface area contributed by atoms with E-state index in [1.807, 2.05) is 0 Å². The first-order valence-electron chi connectivity index (χ1n) is 24.9. The minimum Gasteiger partial charge on any atom is -0.394 e. The highest BCUT2D eigenvalue weighted by Gasteiger charge is 2.57. The number of hydrogen-bond donors (Lipinski definition) is 22. The monoisotopic (exact) mass is 1130 g/mol. The van der Waals surface area contributed by atoms with Gasteiger partial charge in [-0.05, 0) is 18.9 Å². The third kappa shape index (κ3) is 12.8. The second-order valence-electron chi connectivity index (χ2n) is 20.1. The summed E-state index contributed by atoms with van der Waals surface area (Å²) in [6.07, 6.45) is -57.0. The molecule has 16 unspecified atom stereocenters. The van der Waals surface area contributed by atoms with Crippen molar-refractivity contribution in [1.82, 2.24) is 0 Å². The van der Waals surface area contributed by atoms with Gasteiger partial charge in [0, 0.05) is 11.8 Å². The predicted molar refractivity (Wildman–Crippen MR) is 237 cm³/mol. The first-order chi connectivity index (χ1) is 36.5. The minimum absolute atomic E-state index is 0.0352. The molecule has 7 rings (SSSR count). The van der Waals surface area contributed by atoms with E-state index in [-0.39, 0.29) is 12.0 Å². The molecule has 448 valence electrons. The van der Waals surface area contributed by atoms with Crippen LogP contribution >= 0.6 is 0 Å². The summed E-state index contributed by atoms with van der Waals surface area (Å²) in [4.78, 5) is 0. The summed E-state index contributed by atoms with van der Waals surface area (Å²) < 4.78 is 61.6. The van der Waals surface area contributed by atoms with Gasteiger partial charge in [-0.1, -0.05) is 6.08 Å². The quantitative estimate of drug-likeness (QED) is 0.0567. The molecule has 33 heteroatoms. The van der Waals surface area contributed by atoms with Crippen LogP contribution < -0.4 is 0 Å². The van der Waals surface area contributed by atoms with Gasteiger partial charge in [-0.15, -0.1) is 0 Å². The van der Waals surface area contributed by atoms with Gasteiger partial charge >= 0.3 is 0 Å². The van der Waals surface area contributed by atoms with E-state index in [0.717, 1.165) is 0 Å². The standard InChI is InChI=1S/C44H74O33/c1-10-13(3-11-2-12(4-45)35(25(57)19(11)51)73-40-30(62)23(55)21(53)14(5-46)68-40)20(52)29(61)39(67-10)74-36-16(7-48)70-41(32(64)26(36)58)75-37-17(8-49)71-42(33(65)27(37)59)76-38-18(9-50)72-44(34(66)28(38)60)77-43-31(63)24(56)22(54)15(6-47)69-43/h2,10-11,13-66H,3-9H2,1H3/t10?,11?,13-,14?,15?,16?,17?,18?,19?,20+,21-,22+,23+,24?,25?,26-,27-,28-,29?,30?,31-,32?,33?,34?,35?,36-,37-,38-,39-,40-,41-,42-,43+,44-/m1/s1. The molecule has 0 radical (unpaired) electrons. The highest BCUT2D eigenvalue weighted by molar-refractivity contribution is 5.20. The van der Waals surface area contributed by atoms with E-state index < -0.39 is 248 Å². The second kappa shape index (κ2) is 26.8. The molecule has 6 heterocycles. The fraction of sp³-hybridized carbons (Fsp3) is 0.955. The molecule has 34 atom stereocenters. The zero-order valence-corrected chi connectivity index (χ0v) is 41.0. The summed E-state index contributed by atoms with van der Waals surface area (Å²) >= 11 is 0. The van der Waals surface area contributed by atoms with Crippen LogP contribution in [-0.2, 0) is 52.1 Å². The van der Waals surface area contributed by atoms with Crippen molar-refractivity contribution < 1.29 is 164 Å². The van der Waals surface area contributed by atoms with E-state index >= 15 is 0 Å². The second-order valence-corrected chi connectivity index (χ2v) is 20.1. The normalized spacial score (nSPS) is 53.0. The van der Waals surface area contributed by atoms with Crippen molar-refractivity contribution in [3.8, 4) is 0 Å². The van der Waals surface area contributed by atoms with E-state index in [9.17, 15) is 112 Å². The number of aliphatic hydroxyl groups excluding tert-OH is 22. The Balaban J connectivity index is 0.943. The Kier molecular flexibility index (Phi) is 21.9. The summed E-state index contributed by atoms with van der Waals surface area (Å²) in [7, 11) is 0. The van der Waals surface area contributed by atoms with Crippen LogP contribution in [0.3, 0.4) is 0 Å². The largest absolute Gasteiger partial charge is 0.394 e. The molecule has 0 spiro atoms. The lowest BCUT2D eigenvalue weighted by atomic mass is 9.75. The van der Waals surface area contributed by atoms with Crippen LogP contribution in [0, 0.1) is 11.8 Å². The smallest absolute Gasteiger partial charge is 0.189 e. The topological polar surface area (TPSA) is 547 Å². The van der Waals surface area contributed by atoms with Crippen molar-refractivity contribution >= 4 is 0 Å². The lowest BCUT2D eigenvalue weighted by Crippen LogP contribution is -2.67. The third-order valence-electron chi connectivity index (χ3n) is 15.2. The summed E-state index contributed by atoms with van der Waals surface area (Å²) in [6, 6.07) is 0. The van der Waals surface area contributed by atoms with Gasteiger partial charge in [0.2, 0.25) is 0 Å². The summed E-state index contributed by atoms with van der Waals surface area (Å²) in [6.45, 7) is -3.92. The van der Waals surface area contributed by atoms with Crippen LogP contribution in [0.2, 0.25) is 0 Å². The first kappa shape index (κ1) is 63.0. The Hall–Kier alpha value is -1.58. The fourth-order valence-electron chi connectivity index (χ4n) is 10.6. The molecule has 0 amide bonds. The average molecular weight is 1130 g/mol. The molecule has 0 aromatic heterocycles. The van der Waals surface area contributed by atoms with Gasteiger partial charge in [-0.3, -0.25) is 0 Å². The zero-order valence-electron chi connectivity index (χ0n) is 41.0. The Morgan fingerprint density at radius 3 is 1.04 bits per heavy atom. The Morgan fingerprint density at radius 2 is 0.662 bits per heavy atom. The molecule has 0 aromatic carbocycles. The molecule has 22 N–H and O–H groups in total. The Morgan fingerprint density at radius 1 is 0.338 bits per heavy atom. The average Bonchev–Trinajstić information content (AvgIpc) is 3.42. The van der Waals surface area contributed by atoms with E-state index in [0.29, 0.717) is 0 Å². The van der Waals surface area contributed by atoms with Gasteiger partial charge in [0.05, 0.1) is 58.0 Å². The van der Waals surface area contributed by atoms with E-state index in [2.05, 4.69) is 0 Å². The maximum absolute atomic E-state index is 11.4. The van der Waals surface area contributed by atoms with Gasteiger partial charge in [-0.25, -0.2) is 0 Å². The molecule has 6 saturated heterocycles. The molecule has 1 aliphatic carbocycles. The van der Waals surface area contributed by atoms with Crippen molar-refractivity contribution in [2.75, 3.05) is 39.6 Å². The van der Waals surface area contributed by atoms with Crippen molar-refractivity contribution in [2.24, 2.45) is 11.8 Å². The van der Waals surface area contributed by atoms with Crippen LogP contribution in [-0.4, -0.2) is 348 Å². The highest BCUT2D eigenvalue weighted by Crippen LogP contribution is 2.40. The number of aliphatic hydroxyl groups is 22. The van der Waals surface area contributed by atoms with Gasteiger partial charge in [0.25, 0.3) is 0 Å². The van der Waals surface area contributed by atoms with Crippen molar-refractivity contribution in [1.29, 1.82) is 0 Å². The molecule has 6 fully saturated rings. The minimum atomic E-state index is -2.16. The van der Waals surface area contributed by atoms with E-state index in [1.165, 1.54) is 13.0 Å². The molecule has 7 aliphatic rings. The lowest BCUT2D eigenvalue weighted by Gasteiger charge is -2.49. The SMILES string of the molecule is CC1O[C@H](O[C@@H]2C(CO)O[C@H](O[C@@H]3C(CO)O[C@H](O[C@@H]4C(CO)O[C@H](O[C@@H]5OC(CO)[C@H](O)C(O)[C@H]5O)C(O)[C@H]4O)C(O)[C@H]3O)C(O)[C@H]2O)C(O)[C@@H](O)[C@@H]1CC1C=C(CO)C(O[C@H]2OC(CO)[C@@H](O)[C@H](O)C2O)C(O)C1O. The first-order valence-corrected chi connectivity index (χ1v) is 24.9. The summed E-state index contributed by atoms with van der Waals surface area (Å²) in [5.41, 5.74) is -0.0352. The third-order valence-corrected chi connectivity index (χ3v) is 15.2. The maximum atomic E-state index is 11.4. The molecular weight excluding hydrogens is 1060 g/mol. The van der Waals surface area contributed by atoms with Crippen molar-refractivity contribution in [3.63, 3.8) is 0 Å². The van der Waals surface area contributed by atoms with Gasteiger partial charge in [-0.2, -0.15) is 0 Å². The number of hydrogen-bond acceptors (Lipinski definition) is 33. The van der Waals surface area contributed by atoms with Crippen LogP contribution in [0.4, 0.5) is 0 Å².